The van der Waals surface area contributed by atoms with E-state index in [4.69, 9.17) is 21.7 Å². The van der Waals surface area contributed by atoms with Crippen LogP contribution in [0.1, 0.15) is 24.8 Å². The number of hydrogen-bond donors (Lipinski definition) is 1. The number of rotatable bonds is 6. The molecule has 0 spiro atoms. The molecule has 0 aliphatic heterocycles. The van der Waals surface area contributed by atoms with E-state index in [1.807, 2.05) is 13.0 Å². The van der Waals surface area contributed by atoms with Gasteiger partial charge in [0.1, 0.15) is 17.5 Å². The van der Waals surface area contributed by atoms with Gasteiger partial charge in [-0.25, -0.2) is 4.79 Å². The summed E-state index contributed by atoms with van der Waals surface area (Å²) < 4.78 is 11.4. The molecule has 0 aliphatic rings. The molecular formula is C14H18N2O4S2. The summed E-state index contributed by atoms with van der Waals surface area (Å²) in [6.45, 7) is 4.07. The molecule has 0 amide bonds. The molecule has 120 valence electrons. The van der Waals surface area contributed by atoms with Crippen LogP contribution in [0.25, 0.3) is 10.2 Å². The first-order valence-corrected chi connectivity index (χ1v) is 8.14. The minimum absolute atomic E-state index is 0.144. The summed E-state index contributed by atoms with van der Waals surface area (Å²) in [5, 5.41) is 0.548. The van der Waals surface area contributed by atoms with Crippen molar-refractivity contribution in [1.29, 1.82) is 0 Å². The van der Waals surface area contributed by atoms with E-state index >= 15 is 0 Å². The summed E-state index contributed by atoms with van der Waals surface area (Å²) in [4.78, 5) is 29.5. The Morgan fingerprint density at radius 3 is 2.86 bits per heavy atom. The number of thiophene rings is 1. The van der Waals surface area contributed by atoms with Gasteiger partial charge < -0.3 is 14.5 Å². The predicted octanol–water partition coefficient (Wildman–Crippen LogP) is 2.43. The van der Waals surface area contributed by atoms with E-state index in [1.165, 1.54) is 23.0 Å². The van der Waals surface area contributed by atoms with Gasteiger partial charge in [-0.15, -0.1) is 11.3 Å². The number of nitrogens with zero attached hydrogens (tertiary/aromatic N) is 1. The quantitative estimate of drug-likeness (QED) is 0.496. The van der Waals surface area contributed by atoms with Crippen LogP contribution in [0, 0.1) is 4.77 Å². The molecule has 6 nitrogen and oxygen atoms in total. The van der Waals surface area contributed by atoms with Crippen molar-refractivity contribution in [3.05, 3.63) is 26.1 Å². The first-order valence-electron chi connectivity index (χ1n) is 6.92. The third-order valence-corrected chi connectivity index (χ3v) is 4.77. The van der Waals surface area contributed by atoms with Gasteiger partial charge in [-0.05, 0) is 31.6 Å². The number of aromatic amines is 1. The van der Waals surface area contributed by atoms with Crippen molar-refractivity contribution in [3.8, 4) is 0 Å². The van der Waals surface area contributed by atoms with Crippen molar-refractivity contribution >= 4 is 39.7 Å². The molecule has 0 bridgehead atoms. The molecule has 0 radical (unpaired) electrons. The van der Waals surface area contributed by atoms with Gasteiger partial charge in [0, 0.05) is 12.0 Å². The fourth-order valence-corrected chi connectivity index (χ4v) is 3.45. The zero-order valence-electron chi connectivity index (χ0n) is 12.7. The molecular weight excluding hydrogens is 324 g/mol. The fourth-order valence-electron chi connectivity index (χ4n) is 2.05. The van der Waals surface area contributed by atoms with Crippen molar-refractivity contribution in [2.24, 2.45) is 0 Å². The second-order valence-corrected chi connectivity index (χ2v) is 6.27. The SMILES string of the molecule is CCc1cc2c(=O)n(C(C)C(=O)OCCOC)c(=S)[nH]c2s1. The summed E-state index contributed by atoms with van der Waals surface area (Å²) in [7, 11) is 1.52. The van der Waals surface area contributed by atoms with Gasteiger partial charge >= 0.3 is 5.97 Å². The Kier molecular flexibility index (Phi) is 5.49. The van der Waals surface area contributed by atoms with Crippen molar-refractivity contribution < 1.29 is 14.3 Å². The van der Waals surface area contributed by atoms with Gasteiger partial charge in [0.2, 0.25) is 0 Å². The number of carbonyl (C=O) groups excluding carboxylic acids is 1. The van der Waals surface area contributed by atoms with Crippen LogP contribution in [-0.4, -0.2) is 35.8 Å². The van der Waals surface area contributed by atoms with E-state index in [9.17, 15) is 9.59 Å². The molecule has 0 saturated heterocycles. The van der Waals surface area contributed by atoms with Crippen LogP contribution in [0.15, 0.2) is 10.9 Å². The zero-order chi connectivity index (χ0) is 16.3. The molecule has 0 saturated carbocycles. The van der Waals surface area contributed by atoms with Gasteiger partial charge in [0.25, 0.3) is 5.56 Å². The second kappa shape index (κ2) is 7.17. The standard InChI is InChI=1S/C14H18N2O4S2/c1-4-9-7-10-11(22-9)15-14(21)16(12(10)17)8(2)13(18)20-6-5-19-3/h7-8H,4-6H2,1-3H3,(H,15,21). The van der Waals surface area contributed by atoms with Crippen LogP contribution in [0.2, 0.25) is 0 Å². The number of hydrogen-bond acceptors (Lipinski definition) is 6. The predicted molar refractivity (Wildman–Crippen MR) is 88.2 cm³/mol. The maximum atomic E-state index is 12.6. The van der Waals surface area contributed by atoms with Crippen LogP contribution in [0.4, 0.5) is 0 Å². The van der Waals surface area contributed by atoms with Crippen molar-refractivity contribution in [2.45, 2.75) is 26.3 Å². The number of aromatic nitrogens is 2. The third kappa shape index (κ3) is 3.29. The molecule has 1 atom stereocenters. The lowest BCUT2D eigenvalue weighted by Crippen LogP contribution is -2.31. The molecule has 22 heavy (non-hydrogen) atoms. The monoisotopic (exact) mass is 342 g/mol. The van der Waals surface area contributed by atoms with Crippen LogP contribution in [0.3, 0.4) is 0 Å². The zero-order valence-corrected chi connectivity index (χ0v) is 14.3. The van der Waals surface area contributed by atoms with Crippen molar-refractivity contribution in [3.63, 3.8) is 0 Å². The third-order valence-electron chi connectivity index (χ3n) is 3.28. The Hall–Kier alpha value is -1.51. The fraction of sp³-hybridized carbons (Fsp3) is 0.500. The van der Waals surface area contributed by atoms with Crippen LogP contribution in [-0.2, 0) is 20.7 Å². The highest BCUT2D eigenvalue weighted by molar-refractivity contribution is 7.71. The largest absolute Gasteiger partial charge is 0.462 e. The molecule has 1 N–H and O–H groups in total. The Balaban J connectivity index is 2.40. The number of nitrogens with one attached hydrogen (secondary N) is 1. The first-order chi connectivity index (χ1) is 10.5. The molecule has 0 aliphatic carbocycles. The highest BCUT2D eigenvalue weighted by Crippen LogP contribution is 2.22. The summed E-state index contributed by atoms with van der Waals surface area (Å²) in [6.07, 6.45) is 0.841. The summed E-state index contributed by atoms with van der Waals surface area (Å²) >= 11 is 6.73. The first kappa shape index (κ1) is 16.9. The molecule has 8 heteroatoms. The van der Waals surface area contributed by atoms with Crippen molar-refractivity contribution in [1.82, 2.24) is 9.55 Å². The number of ether oxygens (including phenoxy) is 2. The summed E-state index contributed by atoms with van der Waals surface area (Å²) in [5.74, 6) is -0.510. The highest BCUT2D eigenvalue weighted by atomic mass is 32.1. The van der Waals surface area contributed by atoms with Gasteiger partial charge in [-0.2, -0.15) is 0 Å². The van der Waals surface area contributed by atoms with E-state index in [-0.39, 0.29) is 16.9 Å². The lowest BCUT2D eigenvalue weighted by atomic mass is 10.3. The average Bonchev–Trinajstić information content (AvgIpc) is 2.90. The molecule has 2 aromatic heterocycles. The average molecular weight is 342 g/mol. The summed E-state index contributed by atoms with van der Waals surface area (Å²) in [5.41, 5.74) is -0.272. The van der Waals surface area contributed by atoms with E-state index in [2.05, 4.69) is 4.98 Å². The topological polar surface area (TPSA) is 73.3 Å². The minimum Gasteiger partial charge on any atom is -0.462 e. The van der Waals surface area contributed by atoms with Crippen LogP contribution >= 0.6 is 23.6 Å². The number of fused-ring (bicyclic) bond motifs is 1. The van der Waals surface area contributed by atoms with Gasteiger partial charge in [-0.1, -0.05) is 6.92 Å². The Bertz CT molecular complexity index is 790. The number of esters is 1. The number of H-pyrrole nitrogens is 1. The molecule has 2 rings (SSSR count). The Labute approximate surface area is 136 Å². The second-order valence-electron chi connectivity index (χ2n) is 4.75. The molecule has 0 aromatic carbocycles. The van der Waals surface area contributed by atoms with Crippen molar-refractivity contribution in [2.75, 3.05) is 20.3 Å². The molecule has 0 fully saturated rings. The molecule has 2 heterocycles. The van der Waals surface area contributed by atoms with Crippen LogP contribution < -0.4 is 5.56 Å². The van der Waals surface area contributed by atoms with E-state index in [0.29, 0.717) is 12.0 Å². The summed E-state index contributed by atoms with van der Waals surface area (Å²) in [6, 6.07) is 1.05. The van der Waals surface area contributed by atoms with E-state index in [1.54, 1.807) is 6.92 Å². The Morgan fingerprint density at radius 2 is 2.23 bits per heavy atom. The maximum absolute atomic E-state index is 12.6. The van der Waals surface area contributed by atoms with Gasteiger partial charge in [0.15, 0.2) is 4.77 Å². The minimum atomic E-state index is -0.789. The van der Waals surface area contributed by atoms with Gasteiger partial charge in [-0.3, -0.25) is 9.36 Å². The number of methoxy groups -OCH3 is 1. The molecule has 2 aromatic rings. The van der Waals surface area contributed by atoms with E-state index < -0.39 is 12.0 Å². The smallest absolute Gasteiger partial charge is 0.329 e. The highest BCUT2D eigenvalue weighted by Gasteiger charge is 2.21. The lowest BCUT2D eigenvalue weighted by Gasteiger charge is -2.14. The lowest BCUT2D eigenvalue weighted by molar-refractivity contribution is -0.148. The van der Waals surface area contributed by atoms with E-state index in [0.717, 1.165) is 16.1 Å². The molecule has 1 unspecified atom stereocenters. The number of aryl methyl sites for hydroxylation is 1. The van der Waals surface area contributed by atoms with Gasteiger partial charge in [0.05, 0.1) is 12.0 Å². The van der Waals surface area contributed by atoms with Crippen LogP contribution in [0.5, 0.6) is 0 Å². The Morgan fingerprint density at radius 1 is 1.50 bits per heavy atom. The normalized spacial score (nSPS) is 12.5. The maximum Gasteiger partial charge on any atom is 0.329 e. The number of carbonyl (C=O) groups is 1.